The summed E-state index contributed by atoms with van der Waals surface area (Å²) in [6.07, 6.45) is -0.588. The molecule has 0 bridgehead atoms. The number of benzene rings is 5. The number of rotatable bonds is 8. The molecule has 0 aliphatic carbocycles. The van der Waals surface area contributed by atoms with Crippen molar-refractivity contribution in [3.8, 4) is 22.4 Å². The van der Waals surface area contributed by atoms with Crippen molar-refractivity contribution >= 4 is 27.4 Å². The molecule has 6 rings (SSSR count). The molecule has 3 heteroatoms. The van der Waals surface area contributed by atoms with Gasteiger partial charge in [0.1, 0.15) is 0 Å². The van der Waals surface area contributed by atoms with Gasteiger partial charge in [-0.1, -0.05) is 123 Å². The summed E-state index contributed by atoms with van der Waals surface area (Å²) >= 11 is 0. The Kier molecular flexibility index (Phi) is 6.91. The summed E-state index contributed by atoms with van der Waals surface area (Å²) in [5.41, 5.74) is 8.14. The van der Waals surface area contributed by atoms with Crippen LogP contribution in [0.15, 0.2) is 121 Å². The van der Waals surface area contributed by atoms with Crippen molar-refractivity contribution in [2.45, 2.75) is 32.4 Å². The predicted molar refractivity (Wildman–Crippen MR) is 165 cm³/mol. The number of fused-ring (bicyclic) bond motifs is 3. The standard InChI is InChI=1S/C36H34N2O/c1-25(2)26-17-20-30(21-18-26)37-23-31(39)24-38-35(29-14-7-4-8-15-29)34(28-12-5-3-6-13-28)33-22-19-27-11-9-10-16-32(27)36(33)38/h3-22,25,31,37,39H,23-24H2,1-2H3/t31-/m0/s1. The van der Waals surface area contributed by atoms with Crippen LogP contribution in [0.4, 0.5) is 5.69 Å². The molecule has 2 N–H and O–H groups in total. The molecule has 0 saturated heterocycles. The fraction of sp³-hybridized carbons (Fsp3) is 0.167. The SMILES string of the molecule is CC(C)c1ccc(NC[C@H](O)Cn2c(-c3ccccc3)c(-c3ccccc3)c3ccc4ccccc4c32)cc1. The van der Waals surface area contributed by atoms with Gasteiger partial charge in [0.25, 0.3) is 0 Å². The van der Waals surface area contributed by atoms with E-state index in [2.05, 4.69) is 145 Å². The van der Waals surface area contributed by atoms with Gasteiger partial charge in [-0.3, -0.25) is 0 Å². The molecule has 0 saturated carbocycles. The van der Waals surface area contributed by atoms with E-state index in [4.69, 9.17) is 0 Å². The Morgan fingerprint density at radius 3 is 2.00 bits per heavy atom. The van der Waals surface area contributed by atoms with Crippen LogP contribution in [0.3, 0.4) is 0 Å². The number of anilines is 1. The van der Waals surface area contributed by atoms with E-state index in [1.165, 1.54) is 32.8 Å². The third-order valence-corrected chi connectivity index (χ3v) is 7.57. The molecule has 0 aliphatic rings. The average Bonchev–Trinajstić information content (AvgIpc) is 3.31. The third kappa shape index (κ3) is 4.94. The van der Waals surface area contributed by atoms with Crippen LogP contribution in [-0.4, -0.2) is 22.3 Å². The molecule has 0 amide bonds. The van der Waals surface area contributed by atoms with Gasteiger partial charge < -0.3 is 15.0 Å². The van der Waals surface area contributed by atoms with E-state index in [1.54, 1.807) is 0 Å². The zero-order valence-corrected chi connectivity index (χ0v) is 22.5. The molecular weight excluding hydrogens is 476 g/mol. The summed E-state index contributed by atoms with van der Waals surface area (Å²) in [4.78, 5) is 0. The zero-order valence-electron chi connectivity index (χ0n) is 22.5. The topological polar surface area (TPSA) is 37.2 Å². The van der Waals surface area contributed by atoms with Crippen molar-refractivity contribution in [2.24, 2.45) is 0 Å². The van der Waals surface area contributed by atoms with Gasteiger partial charge in [0, 0.05) is 28.6 Å². The Bertz CT molecular complexity index is 1700. The number of aliphatic hydroxyl groups excluding tert-OH is 1. The van der Waals surface area contributed by atoms with Gasteiger partial charge in [-0.15, -0.1) is 0 Å². The van der Waals surface area contributed by atoms with Crippen LogP contribution in [0, 0.1) is 0 Å². The van der Waals surface area contributed by atoms with Crippen LogP contribution in [0.2, 0.25) is 0 Å². The van der Waals surface area contributed by atoms with Crippen molar-refractivity contribution in [1.82, 2.24) is 4.57 Å². The van der Waals surface area contributed by atoms with Gasteiger partial charge in [-0.05, 0) is 40.1 Å². The summed E-state index contributed by atoms with van der Waals surface area (Å²) in [7, 11) is 0. The highest BCUT2D eigenvalue weighted by Gasteiger charge is 2.23. The first-order valence-electron chi connectivity index (χ1n) is 13.8. The number of hydrogen-bond acceptors (Lipinski definition) is 2. The summed E-state index contributed by atoms with van der Waals surface area (Å²) < 4.78 is 2.34. The van der Waals surface area contributed by atoms with E-state index >= 15 is 0 Å². The number of nitrogens with one attached hydrogen (secondary N) is 1. The molecule has 1 atom stereocenters. The predicted octanol–water partition coefficient (Wildman–Crippen LogP) is 8.72. The molecule has 1 aromatic heterocycles. The highest BCUT2D eigenvalue weighted by Crippen LogP contribution is 2.43. The monoisotopic (exact) mass is 510 g/mol. The maximum Gasteiger partial charge on any atom is 0.0891 e. The molecule has 5 aromatic carbocycles. The minimum Gasteiger partial charge on any atom is -0.389 e. The largest absolute Gasteiger partial charge is 0.389 e. The Morgan fingerprint density at radius 1 is 0.667 bits per heavy atom. The molecule has 3 nitrogen and oxygen atoms in total. The summed E-state index contributed by atoms with van der Waals surface area (Å²) in [5.74, 6) is 0.497. The molecule has 0 spiro atoms. The van der Waals surface area contributed by atoms with E-state index in [1.807, 2.05) is 0 Å². The third-order valence-electron chi connectivity index (χ3n) is 7.57. The Hall–Kier alpha value is -4.34. The Balaban J connectivity index is 1.47. The quantitative estimate of drug-likeness (QED) is 0.215. The van der Waals surface area contributed by atoms with E-state index in [9.17, 15) is 5.11 Å². The van der Waals surface area contributed by atoms with Crippen molar-refractivity contribution in [2.75, 3.05) is 11.9 Å². The maximum atomic E-state index is 11.4. The average molecular weight is 511 g/mol. The highest BCUT2D eigenvalue weighted by atomic mass is 16.3. The van der Waals surface area contributed by atoms with Gasteiger partial charge in [0.15, 0.2) is 0 Å². The molecule has 0 radical (unpaired) electrons. The highest BCUT2D eigenvalue weighted by molar-refractivity contribution is 6.15. The molecular formula is C36H34N2O. The first-order chi connectivity index (χ1) is 19.1. The number of aromatic nitrogens is 1. The van der Waals surface area contributed by atoms with Crippen molar-refractivity contribution in [1.29, 1.82) is 0 Å². The fourth-order valence-electron chi connectivity index (χ4n) is 5.59. The van der Waals surface area contributed by atoms with Gasteiger partial charge >= 0.3 is 0 Å². The first-order valence-corrected chi connectivity index (χ1v) is 13.8. The van der Waals surface area contributed by atoms with Gasteiger partial charge in [0.05, 0.1) is 23.9 Å². The Labute approximate surface area is 230 Å². The lowest BCUT2D eigenvalue weighted by Gasteiger charge is -2.19. The number of nitrogens with zero attached hydrogens (tertiary/aromatic N) is 1. The minimum absolute atomic E-state index is 0.459. The van der Waals surface area contributed by atoms with Crippen molar-refractivity contribution < 1.29 is 5.11 Å². The minimum atomic E-state index is -0.588. The molecule has 6 aromatic rings. The van der Waals surface area contributed by atoms with Gasteiger partial charge in [-0.2, -0.15) is 0 Å². The number of aliphatic hydroxyl groups is 1. The second-order valence-corrected chi connectivity index (χ2v) is 10.6. The van der Waals surface area contributed by atoms with Crippen LogP contribution >= 0.6 is 0 Å². The second kappa shape index (κ2) is 10.8. The van der Waals surface area contributed by atoms with E-state index in [-0.39, 0.29) is 0 Å². The lowest BCUT2D eigenvalue weighted by molar-refractivity contribution is 0.169. The van der Waals surface area contributed by atoms with E-state index in [0.717, 1.165) is 22.5 Å². The van der Waals surface area contributed by atoms with Crippen molar-refractivity contribution in [3.05, 3.63) is 127 Å². The van der Waals surface area contributed by atoms with Crippen LogP contribution in [0.1, 0.15) is 25.3 Å². The molecule has 0 aliphatic heterocycles. The maximum absolute atomic E-state index is 11.4. The van der Waals surface area contributed by atoms with Gasteiger partial charge in [0.2, 0.25) is 0 Å². The normalized spacial score (nSPS) is 12.3. The summed E-state index contributed by atoms with van der Waals surface area (Å²) in [6.45, 7) is 5.33. The first kappa shape index (κ1) is 25.0. The van der Waals surface area contributed by atoms with E-state index < -0.39 is 6.10 Å². The van der Waals surface area contributed by atoms with E-state index in [0.29, 0.717) is 19.0 Å². The zero-order chi connectivity index (χ0) is 26.8. The molecule has 1 heterocycles. The lowest BCUT2D eigenvalue weighted by Crippen LogP contribution is -2.25. The van der Waals surface area contributed by atoms with Crippen LogP contribution in [0.5, 0.6) is 0 Å². The summed E-state index contributed by atoms with van der Waals surface area (Å²) in [5, 5.41) is 18.4. The molecule has 194 valence electrons. The van der Waals surface area contributed by atoms with Crippen molar-refractivity contribution in [3.63, 3.8) is 0 Å². The molecule has 0 unspecified atom stereocenters. The Morgan fingerprint density at radius 2 is 1.31 bits per heavy atom. The fourth-order valence-corrected chi connectivity index (χ4v) is 5.59. The lowest BCUT2D eigenvalue weighted by atomic mass is 9.97. The number of hydrogen-bond donors (Lipinski definition) is 2. The molecule has 0 fully saturated rings. The van der Waals surface area contributed by atoms with Gasteiger partial charge in [-0.25, -0.2) is 0 Å². The van der Waals surface area contributed by atoms with Crippen LogP contribution < -0.4 is 5.32 Å². The second-order valence-electron chi connectivity index (χ2n) is 10.6. The molecule has 39 heavy (non-hydrogen) atoms. The summed E-state index contributed by atoms with van der Waals surface area (Å²) in [6, 6.07) is 42.7. The van der Waals surface area contributed by atoms with Crippen LogP contribution in [-0.2, 0) is 6.54 Å². The smallest absolute Gasteiger partial charge is 0.0891 e. The van der Waals surface area contributed by atoms with Crippen LogP contribution in [0.25, 0.3) is 44.1 Å².